The van der Waals surface area contributed by atoms with E-state index >= 15 is 0 Å². The quantitative estimate of drug-likeness (QED) is 0.715. The number of ether oxygens (including phenoxy) is 1. The minimum Gasteiger partial charge on any atom is -0.490 e. The second-order valence-electron chi connectivity index (χ2n) is 5.11. The molecule has 1 heterocycles. The second-order valence-corrected chi connectivity index (χ2v) is 5.96. The summed E-state index contributed by atoms with van der Waals surface area (Å²) in [7, 11) is 0. The summed E-state index contributed by atoms with van der Waals surface area (Å²) in [5.41, 5.74) is 1.89. The van der Waals surface area contributed by atoms with Gasteiger partial charge in [0, 0.05) is 5.56 Å². The van der Waals surface area contributed by atoms with Crippen LogP contribution in [0.5, 0.6) is 5.75 Å². The number of aromatic nitrogens is 3. The van der Waals surface area contributed by atoms with Crippen molar-refractivity contribution < 1.29 is 9.53 Å². The summed E-state index contributed by atoms with van der Waals surface area (Å²) in [6.45, 7) is 3.90. The van der Waals surface area contributed by atoms with E-state index in [0.717, 1.165) is 4.47 Å². The molecule has 0 unspecified atom stereocenters. The van der Waals surface area contributed by atoms with E-state index in [1.165, 1.54) is 4.68 Å². The van der Waals surface area contributed by atoms with Gasteiger partial charge in [-0.25, -0.2) is 0 Å². The highest BCUT2D eigenvalue weighted by Gasteiger charge is 2.15. The van der Waals surface area contributed by atoms with Crippen molar-refractivity contribution in [2.45, 2.75) is 20.0 Å². The number of carbonyl (C=O) groups excluding carboxylic acids is 1. The lowest BCUT2D eigenvalue weighted by molar-refractivity contribution is 0.0948. The van der Waals surface area contributed by atoms with E-state index in [0.29, 0.717) is 22.3 Å². The zero-order valence-corrected chi connectivity index (χ0v) is 13.7. The molecule has 0 fully saturated rings. The number of rotatable bonds is 3. The summed E-state index contributed by atoms with van der Waals surface area (Å²) in [5, 5.41) is 7.94. The molecule has 6 heteroatoms. The molecular weight excluding hydrogens is 346 g/mol. The highest BCUT2D eigenvalue weighted by molar-refractivity contribution is 9.10. The summed E-state index contributed by atoms with van der Waals surface area (Å²) >= 11 is 3.43. The van der Waals surface area contributed by atoms with Gasteiger partial charge in [0.25, 0.3) is 5.91 Å². The normalized spacial score (nSPS) is 11.1. The fourth-order valence-electron chi connectivity index (χ4n) is 2.12. The van der Waals surface area contributed by atoms with Crippen molar-refractivity contribution in [1.82, 2.24) is 15.0 Å². The predicted octanol–water partition coefficient (Wildman–Crippen LogP) is 3.67. The van der Waals surface area contributed by atoms with Crippen LogP contribution < -0.4 is 4.74 Å². The lowest BCUT2D eigenvalue weighted by Gasteiger charge is -2.12. The van der Waals surface area contributed by atoms with E-state index in [9.17, 15) is 4.79 Å². The first-order valence-electron chi connectivity index (χ1n) is 6.87. The Kier molecular flexibility index (Phi) is 3.94. The first kappa shape index (κ1) is 14.7. The summed E-state index contributed by atoms with van der Waals surface area (Å²) in [6.07, 6.45) is 0.0668. The molecule has 22 heavy (non-hydrogen) atoms. The van der Waals surface area contributed by atoms with Crippen LogP contribution in [-0.2, 0) is 0 Å². The Morgan fingerprint density at radius 1 is 1.23 bits per heavy atom. The summed E-state index contributed by atoms with van der Waals surface area (Å²) in [6, 6.07) is 12.6. The summed E-state index contributed by atoms with van der Waals surface area (Å²) < 4.78 is 7.69. The van der Waals surface area contributed by atoms with Crippen LogP contribution in [0.4, 0.5) is 0 Å². The minimum atomic E-state index is -0.231. The Labute approximate surface area is 136 Å². The molecule has 2 aromatic carbocycles. The Bertz CT molecular complexity index is 842. The largest absolute Gasteiger partial charge is 0.490 e. The molecule has 0 radical (unpaired) electrons. The molecule has 0 aliphatic heterocycles. The molecule has 0 saturated heterocycles. The number of nitrogens with zero attached hydrogens (tertiary/aromatic N) is 3. The van der Waals surface area contributed by atoms with Crippen molar-refractivity contribution in [3.8, 4) is 5.75 Å². The zero-order chi connectivity index (χ0) is 15.7. The van der Waals surface area contributed by atoms with E-state index in [2.05, 4.69) is 26.2 Å². The lowest BCUT2D eigenvalue weighted by atomic mass is 10.2. The van der Waals surface area contributed by atoms with Crippen molar-refractivity contribution in [2.75, 3.05) is 0 Å². The maximum absolute atomic E-state index is 12.6. The van der Waals surface area contributed by atoms with Gasteiger partial charge in [0.05, 0.1) is 16.1 Å². The Morgan fingerprint density at radius 3 is 2.73 bits per heavy atom. The van der Waals surface area contributed by atoms with E-state index in [4.69, 9.17) is 4.74 Å². The standard InChI is InChI=1S/C16H14BrN3O2/c1-10(2)22-15-8-7-11(9-12(15)17)16(21)20-14-6-4-3-5-13(14)18-19-20/h3-10H,1-2H3. The number of carbonyl (C=O) groups is 1. The van der Waals surface area contributed by atoms with Crippen LogP contribution in [0.15, 0.2) is 46.9 Å². The molecule has 0 saturated carbocycles. The van der Waals surface area contributed by atoms with Gasteiger partial charge < -0.3 is 4.74 Å². The van der Waals surface area contributed by atoms with Crippen molar-refractivity contribution >= 4 is 32.9 Å². The molecular formula is C16H14BrN3O2. The zero-order valence-electron chi connectivity index (χ0n) is 12.2. The number of hydrogen-bond acceptors (Lipinski definition) is 4. The first-order valence-corrected chi connectivity index (χ1v) is 7.67. The molecule has 0 N–H and O–H groups in total. The number of para-hydroxylation sites is 1. The van der Waals surface area contributed by atoms with Crippen LogP contribution in [-0.4, -0.2) is 27.0 Å². The van der Waals surface area contributed by atoms with Gasteiger partial charge in [-0.3, -0.25) is 4.79 Å². The van der Waals surface area contributed by atoms with Crippen molar-refractivity contribution in [2.24, 2.45) is 0 Å². The van der Waals surface area contributed by atoms with Crippen molar-refractivity contribution in [3.05, 3.63) is 52.5 Å². The second kappa shape index (κ2) is 5.88. The van der Waals surface area contributed by atoms with Crippen LogP contribution >= 0.6 is 15.9 Å². The average molecular weight is 360 g/mol. The smallest absolute Gasteiger partial charge is 0.280 e. The third-order valence-corrected chi connectivity index (χ3v) is 3.71. The van der Waals surface area contributed by atoms with Gasteiger partial charge in [-0.2, -0.15) is 4.68 Å². The van der Waals surface area contributed by atoms with Gasteiger partial charge in [-0.15, -0.1) is 5.10 Å². The molecule has 0 aliphatic rings. The summed E-state index contributed by atoms with van der Waals surface area (Å²) in [4.78, 5) is 12.6. The van der Waals surface area contributed by atoms with Crippen LogP contribution in [0.25, 0.3) is 11.0 Å². The maximum atomic E-state index is 12.6. The molecule has 112 valence electrons. The number of halogens is 1. The van der Waals surface area contributed by atoms with Crippen LogP contribution in [0.3, 0.4) is 0 Å². The number of fused-ring (bicyclic) bond motifs is 1. The third-order valence-electron chi connectivity index (χ3n) is 3.09. The molecule has 3 rings (SSSR count). The SMILES string of the molecule is CC(C)Oc1ccc(C(=O)n2nnc3ccccc32)cc1Br. The Morgan fingerprint density at radius 2 is 2.00 bits per heavy atom. The predicted molar refractivity (Wildman–Crippen MR) is 87.2 cm³/mol. The van der Waals surface area contributed by atoms with E-state index < -0.39 is 0 Å². The van der Waals surface area contributed by atoms with Gasteiger partial charge in [-0.1, -0.05) is 17.3 Å². The highest BCUT2D eigenvalue weighted by atomic mass is 79.9. The highest BCUT2D eigenvalue weighted by Crippen LogP contribution is 2.27. The van der Waals surface area contributed by atoms with E-state index in [1.54, 1.807) is 18.2 Å². The third kappa shape index (κ3) is 2.74. The monoisotopic (exact) mass is 359 g/mol. The lowest BCUT2D eigenvalue weighted by Crippen LogP contribution is -2.14. The van der Waals surface area contributed by atoms with Crippen LogP contribution in [0.2, 0.25) is 0 Å². The van der Waals surface area contributed by atoms with Gasteiger partial charge in [-0.05, 0) is 60.1 Å². The first-order chi connectivity index (χ1) is 10.6. The molecule has 0 atom stereocenters. The summed E-state index contributed by atoms with van der Waals surface area (Å²) in [5.74, 6) is 0.473. The molecule has 5 nitrogen and oxygen atoms in total. The fraction of sp³-hybridized carbons (Fsp3) is 0.188. The average Bonchev–Trinajstić information content (AvgIpc) is 2.92. The number of hydrogen-bond donors (Lipinski definition) is 0. The van der Waals surface area contributed by atoms with Gasteiger partial charge in [0.1, 0.15) is 11.3 Å². The van der Waals surface area contributed by atoms with E-state index in [-0.39, 0.29) is 12.0 Å². The molecule has 0 bridgehead atoms. The Hall–Kier alpha value is -2.21. The molecule has 0 aliphatic carbocycles. The molecule has 1 aromatic heterocycles. The molecule has 3 aromatic rings. The van der Waals surface area contributed by atoms with Gasteiger partial charge in [0.15, 0.2) is 0 Å². The Balaban J connectivity index is 1.97. The topological polar surface area (TPSA) is 57.0 Å². The van der Waals surface area contributed by atoms with Gasteiger partial charge >= 0.3 is 0 Å². The van der Waals surface area contributed by atoms with Crippen molar-refractivity contribution in [3.63, 3.8) is 0 Å². The fourth-order valence-corrected chi connectivity index (χ4v) is 2.60. The maximum Gasteiger partial charge on any atom is 0.280 e. The van der Waals surface area contributed by atoms with Crippen molar-refractivity contribution in [1.29, 1.82) is 0 Å². The minimum absolute atomic E-state index is 0.0668. The molecule has 0 spiro atoms. The molecule has 0 amide bonds. The van der Waals surface area contributed by atoms with Crippen LogP contribution in [0, 0.1) is 0 Å². The number of benzene rings is 2. The van der Waals surface area contributed by atoms with E-state index in [1.807, 2.05) is 38.1 Å². The van der Waals surface area contributed by atoms with Crippen LogP contribution in [0.1, 0.15) is 24.2 Å². The van der Waals surface area contributed by atoms with Gasteiger partial charge in [0.2, 0.25) is 0 Å².